The molecule has 1 aliphatic heterocycles. The molecule has 32 heavy (non-hydrogen) atoms. The summed E-state index contributed by atoms with van der Waals surface area (Å²) in [7, 11) is 1.69. The van der Waals surface area contributed by atoms with Crippen LogP contribution in [0.25, 0.3) is 21.5 Å². The number of likely N-dealkylation sites (tertiary alicyclic amines) is 1. The van der Waals surface area contributed by atoms with Gasteiger partial charge in [-0.15, -0.1) is 5.10 Å². The van der Waals surface area contributed by atoms with Gasteiger partial charge in [0.25, 0.3) is 0 Å². The second-order valence-corrected chi connectivity index (χ2v) is 8.77. The molecule has 2 heterocycles. The second-order valence-electron chi connectivity index (χ2n) is 8.77. The summed E-state index contributed by atoms with van der Waals surface area (Å²) in [4.78, 5) is 2.59. The number of piperidine rings is 1. The summed E-state index contributed by atoms with van der Waals surface area (Å²) in [6, 6.07) is 21.9. The van der Waals surface area contributed by atoms with E-state index in [9.17, 15) is 0 Å². The lowest BCUT2D eigenvalue weighted by molar-refractivity contribution is 0.152. The van der Waals surface area contributed by atoms with Crippen LogP contribution in [0.5, 0.6) is 5.75 Å². The molecule has 3 aromatic carbocycles. The van der Waals surface area contributed by atoms with Crippen molar-refractivity contribution in [2.75, 3.05) is 25.5 Å². The van der Waals surface area contributed by atoms with E-state index in [-0.39, 0.29) is 0 Å². The normalized spacial score (nSPS) is 19.3. The number of methoxy groups -OCH3 is 1. The van der Waals surface area contributed by atoms with Crippen LogP contribution in [0.4, 0.5) is 5.82 Å². The number of nitrogens with zero attached hydrogens (tertiary/aromatic N) is 3. The van der Waals surface area contributed by atoms with Crippen molar-refractivity contribution in [3.63, 3.8) is 0 Å². The minimum Gasteiger partial charge on any atom is -0.497 e. The molecule has 1 fully saturated rings. The van der Waals surface area contributed by atoms with Crippen LogP contribution in [0.3, 0.4) is 0 Å². The third-order valence-electron chi connectivity index (χ3n) is 6.75. The monoisotopic (exact) mass is 426 g/mol. The number of aromatic nitrogens is 2. The fraction of sp³-hybridized carbons (Fsp3) is 0.333. The van der Waals surface area contributed by atoms with Gasteiger partial charge in [-0.05, 0) is 52.9 Å². The first kappa shape index (κ1) is 20.7. The van der Waals surface area contributed by atoms with Crippen LogP contribution in [0, 0.1) is 5.92 Å². The van der Waals surface area contributed by atoms with Gasteiger partial charge in [-0.1, -0.05) is 49.7 Å². The molecule has 5 heteroatoms. The van der Waals surface area contributed by atoms with E-state index >= 15 is 0 Å². The Morgan fingerprint density at radius 1 is 1.03 bits per heavy atom. The Morgan fingerprint density at radius 3 is 2.75 bits per heavy atom. The van der Waals surface area contributed by atoms with Crippen LogP contribution >= 0.6 is 0 Å². The smallest absolute Gasteiger partial charge is 0.156 e. The Hall–Kier alpha value is -3.18. The standard InChI is InChI=1S/C27H30N4O/c1-3-20-18-31(17-19-8-9-21-6-4-5-7-22(21)14-19)13-12-26(20)29-27-25-11-10-24(32-2)15-23(25)16-28-30-27/h4-11,14-16,20,26H,3,12-13,17-18H2,1-2H3,(H,29,30). The van der Waals surface area contributed by atoms with Crippen molar-refractivity contribution in [1.82, 2.24) is 15.1 Å². The van der Waals surface area contributed by atoms with E-state index in [2.05, 4.69) is 75.9 Å². The SMILES string of the molecule is CCC1CN(Cc2ccc3ccccc3c2)CCC1Nc1nncc2cc(OC)ccc12. The molecule has 1 saturated heterocycles. The molecule has 164 valence electrons. The third-order valence-corrected chi connectivity index (χ3v) is 6.75. The van der Waals surface area contributed by atoms with Crippen molar-refractivity contribution in [1.29, 1.82) is 0 Å². The van der Waals surface area contributed by atoms with Crippen LogP contribution in [0.15, 0.2) is 66.9 Å². The van der Waals surface area contributed by atoms with E-state index in [4.69, 9.17) is 4.74 Å². The predicted molar refractivity (Wildman–Crippen MR) is 131 cm³/mol. The average Bonchev–Trinajstić information content (AvgIpc) is 2.84. The van der Waals surface area contributed by atoms with Crippen molar-refractivity contribution < 1.29 is 4.74 Å². The van der Waals surface area contributed by atoms with E-state index in [1.165, 1.54) is 16.3 Å². The Bertz CT molecular complexity index is 1220. The quantitative estimate of drug-likeness (QED) is 0.441. The van der Waals surface area contributed by atoms with Crippen molar-refractivity contribution >= 4 is 27.4 Å². The first-order chi connectivity index (χ1) is 15.7. The lowest BCUT2D eigenvalue weighted by Gasteiger charge is -2.39. The highest BCUT2D eigenvalue weighted by Gasteiger charge is 2.28. The van der Waals surface area contributed by atoms with Crippen LogP contribution in [-0.2, 0) is 6.54 Å². The van der Waals surface area contributed by atoms with Crippen molar-refractivity contribution in [2.45, 2.75) is 32.4 Å². The predicted octanol–water partition coefficient (Wildman–Crippen LogP) is 5.50. The van der Waals surface area contributed by atoms with E-state index in [0.717, 1.165) is 54.8 Å². The summed E-state index contributed by atoms with van der Waals surface area (Å²) in [5, 5.41) is 17.1. The number of nitrogens with one attached hydrogen (secondary N) is 1. The Morgan fingerprint density at radius 2 is 1.91 bits per heavy atom. The molecular formula is C27H30N4O. The maximum atomic E-state index is 5.36. The second kappa shape index (κ2) is 9.13. The van der Waals surface area contributed by atoms with E-state index in [1.807, 2.05) is 12.1 Å². The number of rotatable bonds is 6. The molecule has 1 N–H and O–H groups in total. The van der Waals surface area contributed by atoms with Crippen LogP contribution < -0.4 is 10.1 Å². The van der Waals surface area contributed by atoms with E-state index < -0.39 is 0 Å². The van der Waals surface area contributed by atoms with Crippen LogP contribution in [-0.4, -0.2) is 41.3 Å². The summed E-state index contributed by atoms with van der Waals surface area (Å²) >= 11 is 0. The van der Waals surface area contributed by atoms with Gasteiger partial charge in [-0.3, -0.25) is 4.90 Å². The van der Waals surface area contributed by atoms with Gasteiger partial charge in [-0.2, -0.15) is 5.10 Å². The molecule has 0 radical (unpaired) electrons. The summed E-state index contributed by atoms with van der Waals surface area (Å²) in [6.45, 7) is 5.46. The highest BCUT2D eigenvalue weighted by atomic mass is 16.5. The van der Waals surface area contributed by atoms with E-state index in [1.54, 1.807) is 13.3 Å². The zero-order valence-electron chi connectivity index (χ0n) is 18.8. The Kier molecular flexibility index (Phi) is 5.91. The molecule has 0 spiro atoms. The molecule has 5 nitrogen and oxygen atoms in total. The number of ether oxygens (including phenoxy) is 1. The highest BCUT2D eigenvalue weighted by molar-refractivity contribution is 5.92. The lowest BCUT2D eigenvalue weighted by atomic mass is 9.89. The number of fused-ring (bicyclic) bond motifs is 2. The fourth-order valence-electron chi connectivity index (χ4n) is 4.93. The zero-order valence-corrected chi connectivity index (χ0v) is 18.8. The van der Waals surface area contributed by atoms with Gasteiger partial charge in [0.2, 0.25) is 0 Å². The summed E-state index contributed by atoms with van der Waals surface area (Å²) in [5.41, 5.74) is 1.39. The first-order valence-corrected chi connectivity index (χ1v) is 11.5. The Labute approximate surface area is 189 Å². The molecule has 4 aromatic rings. The van der Waals surface area contributed by atoms with Crippen LogP contribution in [0.2, 0.25) is 0 Å². The fourth-order valence-corrected chi connectivity index (χ4v) is 4.93. The van der Waals surface area contributed by atoms with E-state index in [0.29, 0.717) is 12.0 Å². The van der Waals surface area contributed by atoms with Gasteiger partial charge in [0.15, 0.2) is 5.82 Å². The van der Waals surface area contributed by atoms with Gasteiger partial charge in [0.05, 0.1) is 13.3 Å². The largest absolute Gasteiger partial charge is 0.497 e. The highest BCUT2D eigenvalue weighted by Crippen LogP contribution is 2.29. The maximum Gasteiger partial charge on any atom is 0.156 e. The van der Waals surface area contributed by atoms with Crippen molar-refractivity contribution in [3.05, 3.63) is 72.4 Å². The maximum absolute atomic E-state index is 5.36. The van der Waals surface area contributed by atoms with Crippen molar-refractivity contribution in [2.24, 2.45) is 5.92 Å². The van der Waals surface area contributed by atoms with Gasteiger partial charge in [0, 0.05) is 36.4 Å². The van der Waals surface area contributed by atoms with Crippen molar-refractivity contribution in [3.8, 4) is 5.75 Å². The summed E-state index contributed by atoms with van der Waals surface area (Å²) in [5.74, 6) is 2.28. The number of benzene rings is 3. The molecule has 1 aliphatic rings. The van der Waals surface area contributed by atoms with Gasteiger partial charge < -0.3 is 10.1 Å². The molecule has 2 atom stereocenters. The average molecular weight is 427 g/mol. The number of anilines is 1. The minimum absolute atomic E-state index is 0.398. The van der Waals surface area contributed by atoms with Gasteiger partial charge in [0.1, 0.15) is 5.75 Å². The topological polar surface area (TPSA) is 50.3 Å². The molecular weight excluding hydrogens is 396 g/mol. The minimum atomic E-state index is 0.398. The molecule has 0 saturated carbocycles. The van der Waals surface area contributed by atoms with Gasteiger partial charge in [-0.25, -0.2) is 0 Å². The third kappa shape index (κ3) is 4.26. The molecule has 0 aliphatic carbocycles. The molecule has 2 unspecified atom stereocenters. The molecule has 5 rings (SSSR count). The summed E-state index contributed by atoms with van der Waals surface area (Å²) in [6.07, 6.45) is 4.03. The number of hydrogen-bond donors (Lipinski definition) is 1. The first-order valence-electron chi connectivity index (χ1n) is 11.5. The molecule has 0 bridgehead atoms. The van der Waals surface area contributed by atoms with Crippen LogP contribution in [0.1, 0.15) is 25.3 Å². The molecule has 1 aromatic heterocycles. The zero-order chi connectivity index (χ0) is 21.9. The number of hydrogen-bond acceptors (Lipinski definition) is 5. The summed E-state index contributed by atoms with van der Waals surface area (Å²) < 4.78 is 5.36. The molecule has 0 amide bonds. The lowest BCUT2D eigenvalue weighted by Crippen LogP contribution is -2.45. The Balaban J connectivity index is 1.29. The van der Waals surface area contributed by atoms with Gasteiger partial charge >= 0.3 is 0 Å².